The first kappa shape index (κ1) is 23.3. The molecule has 1 aliphatic heterocycles. The summed E-state index contributed by atoms with van der Waals surface area (Å²) in [6, 6.07) is 18.8. The first-order valence-electron chi connectivity index (χ1n) is 11.0. The summed E-state index contributed by atoms with van der Waals surface area (Å²) in [5.41, 5.74) is 0.760. The molecule has 1 fully saturated rings. The van der Waals surface area contributed by atoms with Crippen molar-refractivity contribution in [2.75, 3.05) is 26.2 Å². The van der Waals surface area contributed by atoms with E-state index in [0.717, 1.165) is 5.56 Å². The molecule has 0 aromatic heterocycles. The quantitative estimate of drug-likeness (QED) is 0.698. The van der Waals surface area contributed by atoms with Crippen molar-refractivity contribution >= 4 is 11.8 Å². The van der Waals surface area contributed by atoms with Crippen LogP contribution in [0.25, 0.3) is 0 Å². The topological polar surface area (TPSA) is 73.6 Å². The van der Waals surface area contributed by atoms with Gasteiger partial charge in [-0.05, 0) is 37.5 Å². The molecule has 1 aliphatic rings. The number of ether oxygens (including phenoxy) is 1. The fourth-order valence-electron chi connectivity index (χ4n) is 3.95. The van der Waals surface area contributed by atoms with Crippen molar-refractivity contribution in [2.45, 2.75) is 39.2 Å². The van der Waals surface area contributed by atoms with Crippen LogP contribution in [-0.4, -0.2) is 53.9 Å². The molecule has 0 saturated carbocycles. The van der Waals surface area contributed by atoms with Gasteiger partial charge in [-0.25, -0.2) is 0 Å². The van der Waals surface area contributed by atoms with E-state index in [4.69, 9.17) is 4.74 Å². The van der Waals surface area contributed by atoms with Gasteiger partial charge in [-0.2, -0.15) is 5.26 Å². The second-order valence-electron chi connectivity index (χ2n) is 9.00. The van der Waals surface area contributed by atoms with Crippen molar-refractivity contribution in [2.24, 2.45) is 5.92 Å². The van der Waals surface area contributed by atoms with E-state index in [9.17, 15) is 14.9 Å². The lowest BCUT2D eigenvalue weighted by atomic mass is 9.83. The summed E-state index contributed by atoms with van der Waals surface area (Å²) in [6.07, 6.45) is -0.687. The molecule has 0 aliphatic carbocycles. The number of piperazine rings is 1. The number of para-hydroxylation sites is 1. The average molecular weight is 434 g/mol. The van der Waals surface area contributed by atoms with Crippen LogP contribution >= 0.6 is 0 Å². The van der Waals surface area contributed by atoms with Gasteiger partial charge in [-0.1, -0.05) is 56.3 Å². The van der Waals surface area contributed by atoms with Gasteiger partial charge in [0.05, 0.1) is 11.0 Å². The zero-order chi connectivity index (χ0) is 23.3. The molecule has 1 heterocycles. The smallest absolute Gasteiger partial charge is 0.264 e. The Balaban J connectivity index is 1.66. The number of benzene rings is 2. The molecule has 3 rings (SSSR count). The van der Waals surface area contributed by atoms with Crippen LogP contribution in [-0.2, 0) is 15.0 Å². The fourth-order valence-corrected chi connectivity index (χ4v) is 3.95. The van der Waals surface area contributed by atoms with Crippen LogP contribution < -0.4 is 4.74 Å². The van der Waals surface area contributed by atoms with Gasteiger partial charge < -0.3 is 14.5 Å². The molecular formula is C26H31N3O3. The SMILES string of the molecule is CC(C)C(Oc1ccccc1C#N)C(=O)N1CCN(C(=O)C(C)(C)c2ccccc2)CC1. The van der Waals surface area contributed by atoms with Gasteiger partial charge in [0.25, 0.3) is 5.91 Å². The Labute approximate surface area is 190 Å². The summed E-state index contributed by atoms with van der Waals surface area (Å²) >= 11 is 0. The maximum atomic E-state index is 13.3. The Morgan fingerprint density at radius 3 is 2.09 bits per heavy atom. The number of hydrogen-bond acceptors (Lipinski definition) is 4. The van der Waals surface area contributed by atoms with Crippen molar-refractivity contribution in [3.63, 3.8) is 0 Å². The summed E-state index contributed by atoms with van der Waals surface area (Å²) in [5.74, 6) is 0.309. The molecule has 2 aromatic rings. The number of nitrogens with zero attached hydrogens (tertiary/aromatic N) is 3. The molecule has 6 nitrogen and oxygen atoms in total. The van der Waals surface area contributed by atoms with E-state index in [2.05, 4.69) is 6.07 Å². The molecule has 0 radical (unpaired) electrons. The van der Waals surface area contributed by atoms with E-state index in [0.29, 0.717) is 37.5 Å². The van der Waals surface area contributed by atoms with Gasteiger partial charge in [0.1, 0.15) is 11.8 Å². The first-order chi connectivity index (χ1) is 15.3. The van der Waals surface area contributed by atoms with Crippen molar-refractivity contribution in [1.29, 1.82) is 5.26 Å². The van der Waals surface area contributed by atoms with Gasteiger partial charge in [0.2, 0.25) is 5.91 Å². The van der Waals surface area contributed by atoms with Crippen molar-refractivity contribution in [3.05, 3.63) is 65.7 Å². The third-order valence-corrected chi connectivity index (χ3v) is 6.02. The monoisotopic (exact) mass is 433 g/mol. The highest BCUT2D eigenvalue weighted by Gasteiger charge is 2.37. The van der Waals surface area contributed by atoms with Crippen LogP contribution in [0.15, 0.2) is 54.6 Å². The number of nitriles is 1. The molecular weight excluding hydrogens is 402 g/mol. The summed E-state index contributed by atoms with van der Waals surface area (Å²) in [6.45, 7) is 9.64. The van der Waals surface area contributed by atoms with Crippen LogP contribution in [0, 0.1) is 17.2 Å². The lowest BCUT2D eigenvalue weighted by Crippen LogP contribution is -2.56. The molecule has 2 aromatic carbocycles. The van der Waals surface area contributed by atoms with Crippen LogP contribution in [0.3, 0.4) is 0 Å². The molecule has 0 bridgehead atoms. The molecule has 32 heavy (non-hydrogen) atoms. The van der Waals surface area contributed by atoms with Gasteiger partial charge in [0.15, 0.2) is 6.10 Å². The van der Waals surface area contributed by atoms with Crippen LogP contribution in [0.2, 0.25) is 0 Å². The maximum Gasteiger partial charge on any atom is 0.264 e. The Morgan fingerprint density at radius 2 is 1.50 bits per heavy atom. The van der Waals surface area contributed by atoms with E-state index in [-0.39, 0.29) is 17.7 Å². The molecule has 168 valence electrons. The highest BCUT2D eigenvalue weighted by Crippen LogP contribution is 2.27. The molecule has 1 atom stereocenters. The minimum absolute atomic E-state index is 0.0640. The summed E-state index contributed by atoms with van der Waals surface area (Å²) in [4.78, 5) is 30.1. The Bertz CT molecular complexity index is 987. The van der Waals surface area contributed by atoms with E-state index < -0.39 is 11.5 Å². The number of amides is 2. The molecule has 2 amide bonds. The molecule has 0 spiro atoms. The molecule has 1 unspecified atom stereocenters. The number of rotatable bonds is 6. The zero-order valence-corrected chi connectivity index (χ0v) is 19.2. The van der Waals surface area contributed by atoms with Gasteiger partial charge in [0, 0.05) is 26.2 Å². The van der Waals surface area contributed by atoms with E-state index in [1.54, 1.807) is 29.2 Å². The average Bonchev–Trinajstić information content (AvgIpc) is 2.82. The number of hydrogen-bond donors (Lipinski definition) is 0. The van der Waals surface area contributed by atoms with Crippen LogP contribution in [0.5, 0.6) is 5.75 Å². The van der Waals surface area contributed by atoms with E-state index >= 15 is 0 Å². The molecule has 0 N–H and O–H groups in total. The Kier molecular flexibility index (Phi) is 7.19. The third-order valence-electron chi connectivity index (χ3n) is 6.02. The third kappa shape index (κ3) is 4.94. The normalized spacial score (nSPS) is 15.2. The van der Waals surface area contributed by atoms with Gasteiger partial charge in [-0.15, -0.1) is 0 Å². The Morgan fingerprint density at radius 1 is 0.938 bits per heavy atom. The van der Waals surface area contributed by atoms with E-state index in [1.807, 2.05) is 62.9 Å². The van der Waals surface area contributed by atoms with E-state index in [1.165, 1.54) is 0 Å². The highest BCUT2D eigenvalue weighted by molar-refractivity contribution is 5.88. The summed E-state index contributed by atoms with van der Waals surface area (Å²) in [5, 5.41) is 9.32. The predicted octanol–water partition coefficient (Wildman–Crippen LogP) is 3.61. The second-order valence-corrected chi connectivity index (χ2v) is 9.00. The van der Waals surface area contributed by atoms with Crippen molar-refractivity contribution < 1.29 is 14.3 Å². The largest absolute Gasteiger partial charge is 0.479 e. The van der Waals surface area contributed by atoms with Crippen molar-refractivity contribution in [1.82, 2.24) is 9.80 Å². The predicted molar refractivity (Wildman–Crippen MR) is 123 cm³/mol. The van der Waals surface area contributed by atoms with Crippen LogP contribution in [0.1, 0.15) is 38.8 Å². The van der Waals surface area contributed by atoms with Crippen LogP contribution in [0.4, 0.5) is 0 Å². The summed E-state index contributed by atoms with van der Waals surface area (Å²) < 4.78 is 6.01. The first-order valence-corrected chi connectivity index (χ1v) is 11.0. The minimum atomic E-state index is -0.687. The zero-order valence-electron chi connectivity index (χ0n) is 19.2. The lowest BCUT2D eigenvalue weighted by molar-refractivity contribution is -0.147. The molecule has 1 saturated heterocycles. The van der Waals surface area contributed by atoms with Crippen molar-refractivity contribution in [3.8, 4) is 11.8 Å². The number of carbonyl (C=O) groups is 2. The summed E-state index contributed by atoms with van der Waals surface area (Å²) in [7, 11) is 0. The lowest BCUT2D eigenvalue weighted by Gasteiger charge is -2.40. The Hall–Kier alpha value is -3.33. The molecule has 6 heteroatoms. The standard InChI is InChI=1S/C26H31N3O3/c1-19(2)23(32-22-13-9-8-10-20(22)18-27)24(30)28-14-16-29(17-15-28)25(31)26(3,4)21-11-6-5-7-12-21/h5-13,19,23H,14-17H2,1-4H3. The fraction of sp³-hybridized carbons (Fsp3) is 0.423. The highest BCUT2D eigenvalue weighted by atomic mass is 16.5. The van der Waals surface area contributed by atoms with Gasteiger partial charge in [-0.3, -0.25) is 9.59 Å². The van der Waals surface area contributed by atoms with Gasteiger partial charge >= 0.3 is 0 Å². The second kappa shape index (κ2) is 9.86. The number of carbonyl (C=O) groups excluding carboxylic acids is 2. The maximum absolute atomic E-state index is 13.3. The minimum Gasteiger partial charge on any atom is -0.479 e.